The fraction of sp³-hybridized carbons (Fsp3) is 0.667. The van der Waals surface area contributed by atoms with Crippen molar-refractivity contribution in [2.24, 2.45) is 0 Å². The molecule has 0 aliphatic heterocycles. The first-order valence-electron chi connectivity index (χ1n) is 5.44. The van der Waals surface area contributed by atoms with E-state index in [0.29, 0.717) is 5.57 Å². The van der Waals surface area contributed by atoms with Gasteiger partial charge >= 0.3 is 11.9 Å². The van der Waals surface area contributed by atoms with E-state index in [1.165, 1.54) is 6.92 Å². The molecule has 0 aromatic heterocycles. The van der Waals surface area contributed by atoms with Gasteiger partial charge in [0.25, 0.3) is 0 Å². The molecule has 0 aromatic rings. The SMILES string of the molecule is C=C(C)C(=O)OC(C)COC(C)COC(C)=O. The van der Waals surface area contributed by atoms with Gasteiger partial charge in [-0.15, -0.1) is 0 Å². The Kier molecular flexibility index (Phi) is 7.21. The van der Waals surface area contributed by atoms with E-state index in [1.807, 2.05) is 0 Å². The average Bonchev–Trinajstić information content (AvgIpc) is 2.23. The Labute approximate surface area is 102 Å². The molecule has 0 saturated carbocycles. The maximum absolute atomic E-state index is 11.2. The smallest absolute Gasteiger partial charge is 0.333 e. The van der Waals surface area contributed by atoms with Crippen LogP contribution in [0.5, 0.6) is 0 Å². The van der Waals surface area contributed by atoms with Gasteiger partial charge in [0.2, 0.25) is 0 Å². The fourth-order valence-corrected chi connectivity index (χ4v) is 0.900. The number of carbonyl (C=O) groups excluding carboxylic acids is 2. The highest BCUT2D eigenvalue weighted by atomic mass is 16.6. The van der Waals surface area contributed by atoms with Crippen molar-refractivity contribution in [2.75, 3.05) is 13.2 Å². The molecule has 0 fully saturated rings. The van der Waals surface area contributed by atoms with Crippen molar-refractivity contribution >= 4 is 11.9 Å². The predicted octanol–water partition coefficient (Wildman–Crippen LogP) is 1.46. The standard InChI is InChI=1S/C12H20O5/c1-8(2)12(14)17-10(4)7-15-9(3)6-16-11(5)13/h9-10H,1,6-7H2,2-5H3. The number of esters is 2. The molecule has 0 bridgehead atoms. The van der Waals surface area contributed by atoms with Crippen molar-refractivity contribution in [3.63, 3.8) is 0 Å². The molecule has 5 heteroatoms. The molecule has 0 rings (SSSR count). The van der Waals surface area contributed by atoms with Gasteiger partial charge in [-0.05, 0) is 20.8 Å². The quantitative estimate of drug-likeness (QED) is 0.501. The van der Waals surface area contributed by atoms with E-state index in [4.69, 9.17) is 14.2 Å². The summed E-state index contributed by atoms with van der Waals surface area (Å²) in [7, 11) is 0. The lowest BCUT2D eigenvalue weighted by Crippen LogP contribution is -2.26. The summed E-state index contributed by atoms with van der Waals surface area (Å²) >= 11 is 0. The van der Waals surface area contributed by atoms with E-state index in [2.05, 4.69) is 6.58 Å². The predicted molar refractivity (Wildman–Crippen MR) is 62.4 cm³/mol. The second-order valence-corrected chi connectivity index (χ2v) is 3.94. The highest BCUT2D eigenvalue weighted by Crippen LogP contribution is 2.01. The summed E-state index contributed by atoms with van der Waals surface area (Å²) in [5, 5.41) is 0. The van der Waals surface area contributed by atoms with E-state index < -0.39 is 5.97 Å². The Bertz CT molecular complexity index is 285. The summed E-state index contributed by atoms with van der Waals surface area (Å²) in [6, 6.07) is 0. The van der Waals surface area contributed by atoms with E-state index in [0.717, 1.165) is 0 Å². The molecule has 0 spiro atoms. The normalized spacial score (nSPS) is 13.6. The van der Waals surface area contributed by atoms with Crippen molar-refractivity contribution in [3.05, 3.63) is 12.2 Å². The lowest BCUT2D eigenvalue weighted by molar-refractivity contribution is -0.150. The van der Waals surface area contributed by atoms with Crippen LogP contribution in [-0.4, -0.2) is 37.4 Å². The Hall–Kier alpha value is -1.36. The van der Waals surface area contributed by atoms with Gasteiger partial charge in [-0.3, -0.25) is 4.79 Å². The van der Waals surface area contributed by atoms with Crippen molar-refractivity contribution in [3.8, 4) is 0 Å². The van der Waals surface area contributed by atoms with Gasteiger partial charge in [-0.25, -0.2) is 4.79 Å². The average molecular weight is 244 g/mol. The molecule has 0 aliphatic rings. The van der Waals surface area contributed by atoms with Gasteiger partial charge in [0.15, 0.2) is 0 Å². The monoisotopic (exact) mass is 244 g/mol. The zero-order valence-corrected chi connectivity index (χ0v) is 10.8. The van der Waals surface area contributed by atoms with Crippen molar-refractivity contribution in [1.29, 1.82) is 0 Å². The number of ether oxygens (including phenoxy) is 3. The summed E-state index contributed by atoms with van der Waals surface area (Å²) in [6.45, 7) is 10.3. The first-order chi connectivity index (χ1) is 7.82. The fourth-order valence-electron chi connectivity index (χ4n) is 0.900. The van der Waals surface area contributed by atoms with Crippen LogP contribution >= 0.6 is 0 Å². The van der Waals surface area contributed by atoms with E-state index in [1.54, 1.807) is 20.8 Å². The molecular weight excluding hydrogens is 224 g/mol. The lowest BCUT2D eigenvalue weighted by Gasteiger charge is -2.17. The lowest BCUT2D eigenvalue weighted by atomic mass is 10.3. The highest BCUT2D eigenvalue weighted by molar-refractivity contribution is 5.87. The first-order valence-corrected chi connectivity index (χ1v) is 5.44. The van der Waals surface area contributed by atoms with Crippen LogP contribution in [0.4, 0.5) is 0 Å². The Morgan fingerprint density at radius 2 is 1.71 bits per heavy atom. The molecular formula is C12H20O5. The Balaban J connectivity index is 3.76. The van der Waals surface area contributed by atoms with E-state index in [9.17, 15) is 9.59 Å². The van der Waals surface area contributed by atoms with Crippen molar-refractivity contribution in [1.82, 2.24) is 0 Å². The first kappa shape index (κ1) is 15.6. The molecule has 2 unspecified atom stereocenters. The maximum atomic E-state index is 11.2. The molecule has 2 atom stereocenters. The highest BCUT2D eigenvalue weighted by Gasteiger charge is 2.12. The summed E-state index contributed by atoms with van der Waals surface area (Å²) in [4.78, 5) is 21.7. The summed E-state index contributed by atoms with van der Waals surface area (Å²) < 4.78 is 15.1. The minimum atomic E-state index is -0.436. The van der Waals surface area contributed by atoms with Crippen LogP contribution in [0.15, 0.2) is 12.2 Å². The second kappa shape index (κ2) is 7.84. The second-order valence-electron chi connectivity index (χ2n) is 3.94. The summed E-state index contributed by atoms with van der Waals surface area (Å²) in [6.07, 6.45) is -0.594. The molecule has 0 aromatic carbocycles. The number of hydrogen-bond donors (Lipinski definition) is 0. The molecule has 0 N–H and O–H groups in total. The largest absolute Gasteiger partial charge is 0.463 e. The van der Waals surface area contributed by atoms with Gasteiger partial charge in [-0.1, -0.05) is 6.58 Å². The van der Waals surface area contributed by atoms with Crippen LogP contribution in [0.3, 0.4) is 0 Å². The van der Waals surface area contributed by atoms with Gasteiger partial charge in [-0.2, -0.15) is 0 Å². The molecule has 5 nitrogen and oxygen atoms in total. The molecule has 98 valence electrons. The van der Waals surface area contributed by atoms with Crippen LogP contribution in [0.1, 0.15) is 27.7 Å². The van der Waals surface area contributed by atoms with Crippen molar-refractivity contribution < 1.29 is 23.8 Å². The molecule has 0 radical (unpaired) electrons. The van der Waals surface area contributed by atoms with Crippen LogP contribution in [-0.2, 0) is 23.8 Å². The zero-order valence-electron chi connectivity index (χ0n) is 10.8. The number of hydrogen-bond acceptors (Lipinski definition) is 5. The van der Waals surface area contributed by atoms with E-state index in [-0.39, 0.29) is 31.4 Å². The van der Waals surface area contributed by atoms with Gasteiger partial charge in [0.1, 0.15) is 12.7 Å². The van der Waals surface area contributed by atoms with Crippen molar-refractivity contribution in [2.45, 2.75) is 39.9 Å². The minimum Gasteiger partial charge on any atom is -0.463 e. The molecule has 0 amide bonds. The minimum absolute atomic E-state index is 0.191. The Morgan fingerprint density at radius 1 is 1.12 bits per heavy atom. The van der Waals surface area contributed by atoms with Crippen LogP contribution in [0.2, 0.25) is 0 Å². The number of rotatable bonds is 7. The van der Waals surface area contributed by atoms with Crippen LogP contribution in [0.25, 0.3) is 0 Å². The van der Waals surface area contributed by atoms with Crippen LogP contribution in [0, 0.1) is 0 Å². The number of carbonyl (C=O) groups is 2. The van der Waals surface area contributed by atoms with Gasteiger partial charge in [0.05, 0.1) is 12.7 Å². The third kappa shape index (κ3) is 8.45. The third-order valence-electron chi connectivity index (χ3n) is 1.79. The summed E-state index contributed by atoms with van der Waals surface area (Å²) in [5.41, 5.74) is 0.352. The topological polar surface area (TPSA) is 61.8 Å². The third-order valence-corrected chi connectivity index (χ3v) is 1.79. The maximum Gasteiger partial charge on any atom is 0.333 e. The zero-order chi connectivity index (χ0) is 13.4. The molecule has 0 heterocycles. The summed E-state index contributed by atoms with van der Waals surface area (Å²) in [5.74, 6) is -0.782. The molecule has 0 aliphatic carbocycles. The molecule has 0 saturated heterocycles. The van der Waals surface area contributed by atoms with E-state index >= 15 is 0 Å². The van der Waals surface area contributed by atoms with Gasteiger partial charge < -0.3 is 14.2 Å². The van der Waals surface area contributed by atoms with Crippen LogP contribution < -0.4 is 0 Å². The molecule has 17 heavy (non-hydrogen) atoms. The Morgan fingerprint density at radius 3 is 2.18 bits per heavy atom. The van der Waals surface area contributed by atoms with Gasteiger partial charge in [0, 0.05) is 12.5 Å².